The summed E-state index contributed by atoms with van der Waals surface area (Å²) in [6, 6.07) is 5.84. The van der Waals surface area contributed by atoms with Crippen LogP contribution < -0.4 is 0 Å². The molecular formula is C27H25BrCl3F4NO2. The van der Waals surface area contributed by atoms with Gasteiger partial charge in [-0.05, 0) is 82.4 Å². The molecule has 1 aliphatic carbocycles. The lowest BCUT2D eigenvalue weighted by molar-refractivity contribution is -0.204. The quantitative estimate of drug-likeness (QED) is 0.183. The monoisotopic (exact) mass is 655 g/mol. The number of hydrogen-bond donors (Lipinski definition) is 0. The maximum atomic E-state index is 15.2. The van der Waals surface area contributed by atoms with E-state index in [1.54, 1.807) is 0 Å². The molecule has 0 N–H and O–H groups in total. The third kappa shape index (κ3) is 5.35. The lowest BCUT2D eigenvalue weighted by Gasteiger charge is -2.39. The number of ether oxygens (including phenoxy) is 1. The molecule has 0 radical (unpaired) electrons. The first-order chi connectivity index (χ1) is 17.8. The summed E-state index contributed by atoms with van der Waals surface area (Å²) in [4.78, 5) is 18.1. The van der Waals surface area contributed by atoms with Gasteiger partial charge in [0.2, 0.25) is 0 Å². The van der Waals surface area contributed by atoms with E-state index < -0.39 is 41.9 Å². The molecule has 1 fully saturated rings. The van der Waals surface area contributed by atoms with Gasteiger partial charge in [0.25, 0.3) is 0 Å². The Hall–Kier alpha value is -1.35. The zero-order valence-corrected chi connectivity index (χ0v) is 24.4. The number of carbonyl (C=O) groups is 1. The highest BCUT2D eigenvalue weighted by Gasteiger charge is 2.67. The van der Waals surface area contributed by atoms with Gasteiger partial charge in [0.15, 0.2) is 0 Å². The summed E-state index contributed by atoms with van der Waals surface area (Å²) < 4.78 is 65.6. The molecule has 4 atom stereocenters. The van der Waals surface area contributed by atoms with Crippen LogP contribution in [0.25, 0.3) is 0 Å². The summed E-state index contributed by atoms with van der Waals surface area (Å²) in [5.74, 6) is -3.33. The largest absolute Gasteiger partial charge is 0.462 e. The molecule has 206 valence electrons. The van der Waals surface area contributed by atoms with Crippen LogP contribution >= 0.6 is 50.7 Å². The Labute approximate surface area is 242 Å². The van der Waals surface area contributed by atoms with Gasteiger partial charge in [-0.3, -0.25) is 9.79 Å². The molecule has 2 aromatic rings. The Morgan fingerprint density at radius 3 is 2.32 bits per heavy atom. The first-order valence-electron chi connectivity index (χ1n) is 12.2. The molecule has 0 saturated heterocycles. The molecule has 4 rings (SSSR count). The van der Waals surface area contributed by atoms with Crippen LogP contribution in [0.1, 0.15) is 50.7 Å². The summed E-state index contributed by atoms with van der Waals surface area (Å²) in [5.41, 5.74) is -3.16. The van der Waals surface area contributed by atoms with E-state index in [4.69, 9.17) is 39.5 Å². The molecule has 0 spiro atoms. The minimum atomic E-state index is -4.97. The highest BCUT2D eigenvalue weighted by molar-refractivity contribution is 9.10. The fourth-order valence-electron chi connectivity index (χ4n) is 5.59. The molecule has 4 unspecified atom stereocenters. The predicted molar refractivity (Wildman–Crippen MR) is 145 cm³/mol. The highest BCUT2D eigenvalue weighted by Crippen LogP contribution is 2.53. The van der Waals surface area contributed by atoms with Crippen molar-refractivity contribution < 1.29 is 27.1 Å². The van der Waals surface area contributed by atoms with Crippen molar-refractivity contribution in [1.29, 1.82) is 0 Å². The van der Waals surface area contributed by atoms with Gasteiger partial charge in [-0.25, -0.2) is 4.39 Å². The zero-order chi connectivity index (χ0) is 28.0. The van der Waals surface area contributed by atoms with Crippen molar-refractivity contribution in [3.05, 3.63) is 66.8 Å². The molecule has 2 aliphatic rings. The highest BCUT2D eigenvalue weighted by atomic mass is 79.9. The molecular weight excluding hydrogens is 633 g/mol. The Balaban J connectivity index is 1.88. The molecule has 1 heterocycles. The van der Waals surface area contributed by atoms with Crippen molar-refractivity contribution in [3.63, 3.8) is 0 Å². The van der Waals surface area contributed by atoms with Crippen molar-refractivity contribution in [3.8, 4) is 0 Å². The smallest absolute Gasteiger partial charge is 0.401 e. The van der Waals surface area contributed by atoms with Crippen LogP contribution in [0.5, 0.6) is 0 Å². The normalized spacial score (nSPS) is 26.0. The van der Waals surface area contributed by atoms with Gasteiger partial charge < -0.3 is 4.74 Å². The van der Waals surface area contributed by atoms with Crippen molar-refractivity contribution in [1.82, 2.24) is 0 Å². The van der Waals surface area contributed by atoms with Crippen molar-refractivity contribution in [2.24, 2.45) is 22.7 Å². The summed E-state index contributed by atoms with van der Waals surface area (Å²) in [7, 11) is 0. The fourth-order valence-corrected chi connectivity index (χ4v) is 6.57. The molecule has 0 amide bonds. The first-order valence-corrected chi connectivity index (χ1v) is 14.1. The summed E-state index contributed by atoms with van der Waals surface area (Å²) in [6.45, 7) is 3.20. The van der Waals surface area contributed by atoms with Gasteiger partial charge in [-0.15, -0.1) is 0 Å². The van der Waals surface area contributed by atoms with Crippen LogP contribution in [-0.4, -0.2) is 30.5 Å². The Bertz CT molecular complexity index is 1250. The van der Waals surface area contributed by atoms with Crippen LogP contribution in [-0.2, 0) is 14.9 Å². The van der Waals surface area contributed by atoms with Gasteiger partial charge in [0.1, 0.15) is 23.3 Å². The van der Waals surface area contributed by atoms with Gasteiger partial charge >= 0.3 is 12.1 Å². The molecule has 11 heteroatoms. The van der Waals surface area contributed by atoms with E-state index in [1.807, 2.05) is 13.8 Å². The first kappa shape index (κ1) is 29.6. The topological polar surface area (TPSA) is 38.7 Å². The molecule has 1 aliphatic heterocycles. The number of halogens is 8. The van der Waals surface area contributed by atoms with Gasteiger partial charge in [0, 0.05) is 0 Å². The summed E-state index contributed by atoms with van der Waals surface area (Å²) in [5, 5.41) is -0.470. The number of alkyl halides is 3. The van der Waals surface area contributed by atoms with E-state index in [1.165, 1.54) is 12.1 Å². The van der Waals surface area contributed by atoms with E-state index in [0.29, 0.717) is 6.42 Å². The standard InChI is InChI=1S/C27H25BrCl3F4NO2/c1-13(2)16-5-3-4-6-21(16)38-25(37)22-24(14-7-8-20(32)17(28)9-14)36-12-26(22,27(33,34)35)15-10-18(29)23(31)19(30)11-15/h7-11,13,16,21-22H,3-6,12H2,1-2H3. The van der Waals surface area contributed by atoms with E-state index in [0.717, 1.165) is 37.5 Å². The maximum absolute atomic E-state index is 15.2. The van der Waals surface area contributed by atoms with Crippen LogP contribution in [0, 0.1) is 23.6 Å². The van der Waals surface area contributed by atoms with Crippen molar-refractivity contribution in [2.75, 3.05) is 6.54 Å². The minimum Gasteiger partial charge on any atom is -0.462 e. The van der Waals surface area contributed by atoms with E-state index in [2.05, 4.69) is 20.9 Å². The van der Waals surface area contributed by atoms with E-state index in [-0.39, 0.29) is 48.2 Å². The molecule has 3 nitrogen and oxygen atoms in total. The SMILES string of the molecule is CC(C)C1CCCCC1OC(=O)C1C(c2ccc(F)c(Br)c2)=NCC1(c1cc(Cl)c(Cl)c(Cl)c1)C(F)(F)F. The Morgan fingerprint density at radius 2 is 1.74 bits per heavy atom. The van der Waals surface area contributed by atoms with Crippen LogP contribution in [0.3, 0.4) is 0 Å². The number of aliphatic imine (C=N–C) groups is 1. The molecule has 0 bridgehead atoms. The van der Waals surface area contributed by atoms with Gasteiger partial charge in [0.05, 0.1) is 31.8 Å². The Morgan fingerprint density at radius 1 is 1.11 bits per heavy atom. The summed E-state index contributed by atoms with van der Waals surface area (Å²) >= 11 is 21.4. The lowest BCUT2D eigenvalue weighted by atomic mass is 9.68. The fraction of sp³-hybridized carbons (Fsp3) is 0.481. The molecule has 1 saturated carbocycles. The lowest BCUT2D eigenvalue weighted by Crippen LogP contribution is -2.54. The maximum Gasteiger partial charge on any atom is 0.401 e. The van der Waals surface area contributed by atoms with Crippen LogP contribution in [0.4, 0.5) is 17.6 Å². The second-order valence-corrected chi connectivity index (χ2v) is 12.2. The molecule has 38 heavy (non-hydrogen) atoms. The average Bonchev–Trinajstić information content (AvgIpc) is 3.26. The third-order valence-corrected chi connectivity index (χ3v) is 9.40. The molecule has 0 aromatic heterocycles. The van der Waals surface area contributed by atoms with E-state index in [9.17, 15) is 9.18 Å². The van der Waals surface area contributed by atoms with Crippen molar-refractivity contribution >= 4 is 62.4 Å². The second-order valence-electron chi connectivity index (χ2n) is 10.2. The summed E-state index contributed by atoms with van der Waals surface area (Å²) in [6.07, 6.45) is -2.34. The second kappa shape index (κ2) is 11.3. The number of carbonyl (C=O) groups excluding carboxylic acids is 1. The molecule has 2 aromatic carbocycles. The van der Waals surface area contributed by atoms with Gasteiger partial charge in [-0.1, -0.05) is 61.1 Å². The van der Waals surface area contributed by atoms with E-state index >= 15 is 13.2 Å². The number of nitrogens with zero attached hydrogens (tertiary/aromatic N) is 1. The zero-order valence-electron chi connectivity index (χ0n) is 20.5. The van der Waals surface area contributed by atoms with Crippen LogP contribution in [0.15, 0.2) is 39.8 Å². The number of benzene rings is 2. The number of rotatable bonds is 5. The predicted octanol–water partition coefficient (Wildman–Crippen LogP) is 9.23. The van der Waals surface area contributed by atoms with Gasteiger partial charge in [-0.2, -0.15) is 13.2 Å². The average molecular weight is 658 g/mol. The van der Waals surface area contributed by atoms with Crippen LogP contribution in [0.2, 0.25) is 15.1 Å². The number of esters is 1. The third-order valence-electron chi connectivity index (χ3n) is 7.60. The Kier molecular flexibility index (Phi) is 8.78. The van der Waals surface area contributed by atoms with Crippen molar-refractivity contribution in [2.45, 2.75) is 57.2 Å². The number of hydrogen-bond acceptors (Lipinski definition) is 3. The minimum absolute atomic E-state index is 0.0224.